The van der Waals surface area contributed by atoms with Gasteiger partial charge in [0, 0.05) is 24.8 Å². The minimum Gasteiger partial charge on any atom is -0.508 e. The van der Waals surface area contributed by atoms with E-state index in [2.05, 4.69) is 5.32 Å². The van der Waals surface area contributed by atoms with E-state index in [9.17, 15) is 9.90 Å². The number of anilines is 1. The highest BCUT2D eigenvalue weighted by molar-refractivity contribution is 5.97. The number of benzene rings is 1. The van der Waals surface area contributed by atoms with Gasteiger partial charge < -0.3 is 15.3 Å². The Morgan fingerprint density at radius 2 is 2.32 bits per heavy atom. The Hall–Kier alpha value is -1.55. The van der Waals surface area contributed by atoms with Gasteiger partial charge in [0.15, 0.2) is 0 Å². The monoisotopic (exact) mass is 262 g/mol. The lowest BCUT2D eigenvalue weighted by Gasteiger charge is -2.37. The maximum absolute atomic E-state index is 12.8. The topological polar surface area (TPSA) is 52.6 Å². The van der Waals surface area contributed by atoms with Gasteiger partial charge in [-0.2, -0.15) is 0 Å². The summed E-state index contributed by atoms with van der Waals surface area (Å²) in [6.45, 7) is 6.30. The van der Waals surface area contributed by atoms with Gasteiger partial charge in [0.05, 0.1) is 5.41 Å². The SMILES string of the molecule is CCN(C(=O)C1(C)CCCNC1)c1cccc(O)c1. The summed E-state index contributed by atoms with van der Waals surface area (Å²) in [7, 11) is 0. The van der Waals surface area contributed by atoms with Crippen LogP contribution >= 0.6 is 0 Å². The Kier molecular flexibility index (Phi) is 4.10. The van der Waals surface area contributed by atoms with Crippen molar-refractivity contribution in [3.8, 4) is 5.75 Å². The van der Waals surface area contributed by atoms with E-state index in [1.165, 1.54) is 0 Å². The molecule has 1 amide bonds. The van der Waals surface area contributed by atoms with Gasteiger partial charge in [0.25, 0.3) is 0 Å². The Morgan fingerprint density at radius 3 is 2.89 bits per heavy atom. The van der Waals surface area contributed by atoms with Crippen LogP contribution in [-0.2, 0) is 4.79 Å². The Labute approximate surface area is 114 Å². The van der Waals surface area contributed by atoms with Gasteiger partial charge in [-0.3, -0.25) is 4.79 Å². The van der Waals surface area contributed by atoms with Gasteiger partial charge in [-0.15, -0.1) is 0 Å². The molecule has 1 aromatic rings. The van der Waals surface area contributed by atoms with E-state index >= 15 is 0 Å². The number of carbonyl (C=O) groups is 1. The molecule has 1 heterocycles. The Bertz CT molecular complexity index is 453. The van der Waals surface area contributed by atoms with Crippen LogP contribution in [0.3, 0.4) is 0 Å². The molecule has 0 spiro atoms. The normalized spacial score (nSPS) is 23.1. The third kappa shape index (κ3) is 2.89. The largest absolute Gasteiger partial charge is 0.508 e. The van der Waals surface area contributed by atoms with E-state index in [1.807, 2.05) is 19.9 Å². The molecule has 19 heavy (non-hydrogen) atoms. The van der Waals surface area contributed by atoms with Crippen LogP contribution in [0.25, 0.3) is 0 Å². The molecule has 2 rings (SSSR count). The number of rotatable bonds is 3. The maximum atomic E-state index is 12.8. The molecule has 2 N–H and O–H groups in total. The third-order valence-corrected chi connectivity index (χ3v) is 3.82. The molecule has 4 heteroatoms. The van der Waals surface area contributed by atoms with Crippen LogP contribution in [0.5, 0.6) is 5.75 Å². The second-order valence-electron chi connectivity index (χ2n) is 5.41. The summed E-state index contributed by atoms with van der Waals surface area (Å²) < 4.78 is 0. The molecule has 0 bridgehead atoms. The first-order valence-electron chi connectivity index (χ1n) is 6.88. The lowest BCUT2D eigenvalue weighted by atomic mass is 9.81. The zero-order chi connectivity index (χ0) is 13.9. The zero-order valence-electron chi connectivity index (χ0n) is 11.6. The number of nitrogens with zero attached hydrogens (tertiary/aromatic N) is 1. The molecule has 104 valence electrons. The lowest BCUT2D eigenvalue weighted by molar-refractivity contribution is -0.128. The van der Waals surface area contributed by atoms with Gasteiger partial charge in [-0.25, -0.2) is 0 Å². The third-order valence-electron chi connectivity index (χ3n) is 3.82. The van der Waals surface area contributed by atoms with Crippen molar-refractivity contribution in [2.24, 2.45) is 5.41 Å². The molecule has 1 aliphatic heterocycles. The number of nitrogens with one attached hydrogen (secondary N) is 1. The average molecular weight is 262 g/mol. The number of phenols is 1. The minimum atomic E-state index is -0.347. The van der Waals surface area contributed by atoms with Crippen LogP contribution in [-0.4, -0.2) is 30.6 Å². The van der Waals surface area contributed by atoms with E-state index in [1.54, 1.807) is 23.1 Å². The van der Waals surface area contributed by atoms with Crippen molar-refractivity contribution in [2.45, 2.75) is 26.7 Å². The first-order valence-corrected chi connectivity index (χ1v) is 6.88. The fraction of sp³-hybridized carbons (Fsp3) is 0.533. The van der Waals surface area contributed by atoms with E-state index < -0.39 is 0 Å². The summed E-state index contributed by atoms with van der Waals surface area (Å²) in [5, 5.41) is 12.9. The fourth-order valence-corrected chi connectivity index (χ4v) is 2.67. The molecule has 0 aromatic heterocycles. The highest BCUT2D eigenvalue weighted by atomic mass is 16.3. The highest BCUT2D eigenvalue weighted by Crippen LogP contribution is 2.31. The average Bonchev–Trinajstić information content (AvgIpc) is 2.40. The van der Waals surface area contributed by atoms with Crippen LogP contribution in [0, 0.1) is 5.41 Å². The number of aromatic hydroxyl groups is 1. The molecule has 1 aromatic carbocycles. The van der Waals surface area contributed by atoms with E-state index in [4.69, 9.17) is 0 Å². The quantitative estimate of drug-likeness (QED) is 0.877. The van der Waals surface area contributed by atoms with E-state index in [0.717, 1.165) is 31.6 Å². The summed E-state index contributed by atoms with van der Waals surface area (Å²) in [5.74, 6) is 0.323. The number of hydrogen-bond donors (Lipinski definition) is 2. The minimum absolute atomic E-state index is 0.132. The second kappa shape index (κ2) is 5.61. The van der Waals surface area contributed by atoms with Crippen LogP contribution in [0.1, 0.15) is 26.7 Å². The molecular weight excluding hydrogens is 240 g/mol. The molecule has 0 saturated carbocycles. The zero-order valence-corrected chi connectivity index (χ0v) is 11.6. The molecule has 4 nitrogen and oxygen atoms in total. The lowest BCUT2D eigenvalue weighted by Crippen LogP contribution is -2.50. The standard InChI is InChI=1S/C15H22N2O2/c1-3-17(12-6-4-7-13(18)10-12)14(19)15(2)8-5-9-16-11-15/h4,6-7,10,16,18H,3,5,8-9,11H2,1-2H3. The van der Waals surface area contributed by atoms with Crippen molar-refractivity contribution in [1.82, 2.24) is 5.32 Å². The van der Waals surface area contributed by atoms with Crippen LogP contribution in [0.4, 0.5) is 5.69 Å². The Morgan fingerprint density at radius 1 is 1.53 bits per heavy atom. The molecule has 1 atom stereocenters. The van der Waals surface area contributed by atoms with Crippen molar-refractivity contribution in [1.29, 1.82) is 0 Å². The fourth-order valence-electron chi connectivity index (χ4n) is 2.67. The summed E-state index contributed by atoms with van der Waals surface area (Å²) in [6.07, 6.45) is 1.94. The van der Waals surface area contributed by atoms with Crippen LogP contribution in [0.2, 0.25) is 0 Å². The molecule has 0 aliphatic carbocycles. The van der Waals surface area contributed by atoms with Crippen LogP contribution < -0.4 is 10.2 Å². The van der Waals surface area contributed by atoms with Crippen molar-refractivity contribution in [2.75, 3.05) is 24.5 Å². The number of phenolic OH excluding ortho intramolecular Hbond substituents is 1. The van der Waals surface area contributed by atoms with E-state index in [-0.39, 0.29) is 17.1 Å². The summed E-state index contributed by atoms with van der Waals surface area (Å²) >= 11 is 0. The van der Waals surface area contributed by atoms with Gasteiger partial charge in [0.2, 0.25) is 5.91 Å². The Balaban J connectivity index is 2.24. The van der Waals surface area contributed by atoms with Gasteiger partial charge in [-0.1, -0.05) is 6.07 Å². The highest BCUT2D eigenvalue weighted by Gasteiger charge is 2.37. The van der Waals surface area contributed by atoms with Gasteiger partial charge in [-0.05, 0) is 45.4 Å². The van der Waals surface area contributed by atoms with Crippen molar-refractivity contribution in [3.63, 3.8) is 0 Å². The molecule has 1 aliphatic rings. The van der Waals surface area contributed by atoms with Gasteiger partial charge in [0.1, 0.15) is 5.75 Å². The maximum Gasteiger partial charge on any atom is 0.234 e. The van der Waals surface area contributed by atoms with Crippen LogP contribution in [0.15, 0.2) is 24.3 Å². The first kappa shape index (κ1) is 13.9. The van der Waals surface area contributed by atoms with E-state index in [0.29, 0.717) is 6.54 Å². The van der Waals surface area contributed by atoms with Crippen molar-refractivity contribution < 1.29 is 9.90 Å². The van der Waals surface area contributed by atoms with Gasteiger partial charge >= 0.3 is 0 Å². The predicted molar refractivity (Wildman–Crippen MR) is 76.3 cm³/mol. The summed E-state index contributed by atoms with van der Waals surface area (Å²) in [5.41, 5.74) is 0.416. The van der Waals surface area contributed by atoms with Crippen molar-refractivity contribution >= 4 is 11.6 Å². The number of amides is 1. The molecule has 1 fully saturated rings. The van der Waals surface area contributed by atoms with Crippen molar-refractivity contribution in [3.05, 3.63) is 24.3 Å². The summed E-state index contributed by atoms with van der Waals surface area (Å²) in [4.78, 5) is 14.5. The number of hydrogen-bond acceptors (Lipinski definition) is 3. The smallest absolute Gasteiger partial charge is 0.234 e. The number of carbonyl (C=O) groups excluding carboxylic acids is 1. The summed E-state index contributed by atoms with van der Waals surface area (Å²) in [6, 6.07) is 6.88. The molecule has 0 radical (unpaired) electrons. The number of piperidine rings is 1. The molecule has 1 saturated heterocycles. The second-order valence-corrected chi connectivity index (χ2v) is 5.41. The first-order chi connectivity index (χ1) is 9.07. The molecule has 1 unspecified atom stereocenters. The predicted octanol–water partition coefficient (Wildman–Crippen LogP) is 2.13. The molecular formula is C15H22N2O2.